The Bertz CT molecular complexity index is 715. The summed E-state index contributed by atoms with van der Waals surface area (Å²) in [6, 6.07) is 10.7. The lowest BCUT2D eigenvalue weighted by atomic mass is 10.2. The summed E-state index contributed by atoms with van der Waals surface area (Å²) >= 11 is 0. The Morgan fingerprint density at radius 1 is 1.09 bits per heavy atom. The molecule has 2 aromatic carbocycles. The van der Waals surface area contributed by atoms with E-state index in [1.54, 1.807) is 24.3 Å². The van der Waals surface area contributed by atoms with Crippen LogP contribution in [0, 0.1) is 10.1 Å². The zero-order valence-electron chi connectivity index (χ0n) is 12.0. The minimum Gasteiger partial charge on any atom is -0.497 e. The van der Waals surface area contributed by atoms with Crippen molar-refractivity contribution in [3.05, 3.63) is 58.1 Å². The van der Waals surface area contributed by atoms with Gasteiger partial charge in [-0.05, 0) is 30.3 Å². The highest BCUT2D eigenvalue weighted by atomic mass is 16.6. The second kappa shape index (κ2) is 6.57. The number of benzene rings is 2. The number of amides is 1. The van der Waals surface area contributed by atoms with Crippen LogP contribution in [0.15, 0.2) is 42.5 Å². The van der Waals surface area contributed by atoms with Gasteiger partial charge in [-0.2, -0.15) is 0 Å². The van der Waals surface area contributed by atoms with Crippen LogP contribution in [0.5, 0.6) is 11.5 Å². The van der Waals surface area contributed by atoms with Crippen LogP contribution < -0.4 is 14.8 Å². The molecule has 0 saturated heterocycles. The van der Waals surface area contributed by atoms with Gasteiger partial charge < -0.3 is 14.8 Å². The van der Waals surface area contributed by atoms with Gasteiger partial charge in [-0.15, -0.1) is 0 Å². The Balaban J connectivity index is 2.29. The smallest absolute Gasteiger partial charge is 0.296 e. The summed E-state index contributed by atoms with van der Waals surface area (Å²) in [6.45, 7) is 0. The lowest BCUT2D eigenvalue weighted by molar-refractivity contribution is -0.384. The summed E-state index contributed by atoms with van der Waals surface area (Å²) in [4.78, 5) is 22.7. The number of nitrogens with zero attached hydrogens (tertiary/aromatic N) is 1. The highest BCUT2D eigenvalue weighted by molar-refractivity contribution is 6.05. The molecule has 0 aliphatic carbocycles. The number of carbonyl (C=O) groups is 1. The largest absolute Gasteiger partial charge is 0.497 e. The summed E-state index contributed by atoms with van der Waals surface area (Å²) in [5.41, 5.74) is 0.193. The van der Waals surface area contributed by atoms with Crippen LogP contribution in [0.1, 0.15) is 10.4 Å². The number of nitro benzene ring substituents is 1. The van der Waals surface area contributed by atoms with E-state index in [2.05, 4.69) is 5.32 Å². The molecule has 1 N–H and O–H groups in total. The molecule has 0 saturated carbocycles. The molecule has 0 spiro atoms. The minimum absolute atomic E-state index is 0.0959. The van der Waals surface area contributed by atoms with Crippen molar-refractivity contribution in [2.75, 3.05) is 19.5 Å². The SMILES string of the molecule is COc1cccc(C(=O)Nc2ccc(OC)cc2[N+](=O)[O-])c1. The zero-order valence-corrected chi connectivity index (χ0v) is 12.0. The van der Waals surface area contributed by atoms with E-state index in [0.29, 0.717) is 17.1 Å². The Hall–Kier alpha value is -3.09. The van der Waals surface area contributed by atoms with Crippen molar-refractivity contribution in [3.8, 4) is 11.5 Å². The number of ether oxygens (including phenoxy) is 2. The number of methoxy groups -OCH3 is 2. The first kappa shape index (κ1) is 15.3. The van der Waals surface area contributed by atoms with Gasteiger partial charge >= 0.3 is 0 Å². The predicted octanol–water partition coefficient (Wildman–Crippen LogP) is 2.86. The topological polar surface area (TPSA) is 90.7 Å². The number of carbonyl (C=O) groups excluding carboxylic acids is 1. The Morgan fingerprint density at radius 3 is 2.41 bits per heavy atom. The Morgan fingerprint density at radius 2 is 1.77 bits per heavy atom. The molecule has 0 fully saturated rings. The first-order valence-corrected chi connectivity index (χ1v) is 6.33. The molecular formula is C15H14N2O5. The molecule has 22 heavy (non-hydrogen) atoms. The predicted molar refractivity (Wildman–Crippen MR) is 80.6 cm³/mol. The lowest BCUT2D eigenvalue weighted by Crippen LogP contribution is -2.13. The normalized spacial score (nSPS) is 9.91. The van der Waals surface area contributed by atoms with Gasteiger partial charge in [-0.25, -0.2) is 0 Å². The summed E-state index contributed by atoms with van der Waals surface area (Å²) < 4.78 is 9.99. The van der Waals surface area contributed by atoms with E-state index in [1.165, 1.54) is 32.4 Å². The molecule has 2 rings (SSSR count). The number of rotatable bonds is 5. The highest BCUT2D eigenvalue weighted by Crippen LogP contribution is 2.29. The van der Waals surface area contributed by atoms with Crippen molar-refractivity contribution in [2.45, 2.75) is 0 Å². The fourth-order valence-corrected chi connectivity index (χ4v) is 1.85. The van der Waals surface area contributed by atoms with Crippen molar-refractivity contribution in [2.24, 2.45) is 0 Å². The van der Waals surface area contributed by atoms with Crippen LogP contribution in [0.4, 0.5) is 11.4 Å². The van der Waals surface area contributed by atoms with Gasteiger partial charge in [0.2, 0.25) is 0 Å². The average molecular weight is 302 g/mol. The van der Waals surface area contributed by atoms with E-state index in [4.69, 9.17) is 9.47 Å². The van der Waals surface area contributed by atoms with Crippen LogP contribution in [0.2, 0.25) is 0 Å². The third kappa shape index (κ3) is 3.32. The Labute approximate surface area is 126 Å². The molecule has 0 aliphatic heterocycles. The van der Waals surface area contributed by atoms with Crippen molar-refractivity contribution < 1.29 is 19.2 Å². The third-order valence-electron chi connectivity index (χ3n) is 2.98. The molecular weight excluding hydrogens is 288 g/mol. The number of hydrogen-bond donors (Lipinski definition) is 1. The first-order chi connectivity index (χ1) is 10.5. The molecule has 0 aliphatic rings. The maximum atomic E-state index is 12.2. The molecule has 0 heterocycles. The summed E-state index contributed by atoms with van der Waals surface area (Å²) in [5, 5.41) is 13.6. The van der Waals surface area contributed by atoms with Gasteiger partial charge in [0.15, 0.2) is 0 Å². The van der Waals surface area contributed by atoms with Gasteiger partial charge in [-0.3, -0.25) is 14.9 Å². The van der Waals surface area contributed by atoms with Crippen molar-refractivity contribution in [1.82, 2.24) is 0 Å². The van der Waals surface area contributed by atoms with E-state index < -0.39 is 10.8 Å². The summed E-state index contributed by atoms with van der Waals surface area (Å²) in [5.74, 6) is 0.398. The minimum atomic E-state index is -0.580. The molecule has 7 heteroatoms. The van der Waals surface area contributed by atoms with Crippen LogP contribution >= 0.6 is 0 Å². The maximum Gasteiger partial charge on any atom is 0.296 e. The maximum absolute atomic E-state index is 12.2. The highest BCUT2D eigenvalue weighted by Gasteiger charge is 2.18. The second-order valence-corrected chi connectivity index (χ2v) is 4.33. The van der Waals surface area contributed by atoms with E-state index in [-0.39, 0.29) is 11.4 Å². The number of hydrogen-bond acceptors (Lipinski definition) is 5. The molecule has 0 radical (unpaired) electrons. The monoisotopic (exact) mass is 302 g/mol. The number of nitrogens with one attached hydrogen (secondary N) is 1. The fourth-order valence-electron chi connectivity index (χ4n) is 1.85. The zero-order chi connectivity index (χ0) is 16.1. The molecule has 0 unspecified atom stereocenters. The quantitative estimate of drug-likeness (QED) is 0.677. The molecule has 114 valence electrons. The molecule has 0 bridgehead atoms. The summed E-state index contributed by atoms with van der Waals surface area (Å²) in [6.07, 6.45) is 0. The van der Waals surface area contributed by atoms with Gasteiger partial charge in [0.25, 0.3) is 11.6 Å². The van der Waals surface area contributed by atoms with Crippen LogP contribution in [0.3, 0.4) is 0 Å². The number of anilines is 1. The van der Waals surface area contributed by atoms with Crippen molar-refractivity contribution in [1.29, 1.82) is 0 Å². The van der Waals surface area contributed by atoms with Crippen molar-refractivity contribution >= 4 is 17.3 Å². The molecule has 0 atom stereocenters. The van der Waals surface area contributed by atoms with Gasteiger partial charge in [-0.1, -0.05) is 6.07 Å². The lowest BCUT2D eigenvalue weighted by Gasteiger charge is -2.08. The van der Waals surface area contributed by atoms with E-state index in [0.717, 1.165) is 0 Å². The van der Waals surface area contributed by atoms with Gasteiger partial charge in [0, 0.05) is 5.56 Å². The van der Waals surface area contributed by atoms with Crippen LogP contribution in [-0.4, -0.2) is 25.1 Å². The standard InChI is InChI=1S/C15H14N2O5/c1-21-11-5-3-4-10(8-11)15(18)16-13-7-6-12(22-2)9-14(13)17(19)20/h3-9H,1-2H3,(H,16,18). The van der Waals surface area contributed by atoms with Crippen LogP contribution in [0.25, 0.3) is 0 Å². The Kier molecular flexibility index (Phi) is 4.57. The molecule has 2 aromatic rings. The average Bonchev–Trinajstić information content (AvgIpc) is 2.55. The van der Waals surface area contributed by atoms with E-state index >= 15 is 0 Å². The molecule has 7 nitrogen and oxygen atoms in total. The van der Waals surface area contributed by atoms with Crippen LogP contribution in [-0.2, 0) is 0 Å². The van der Waals surface area contributed by atoms with E-state index in [9.17, 15) is 14.9 Å². The van der Waals surface area contributed by atoms with E-state index in [1.807, 2.05) is 0 Å². The summed E-state index contributed by atoms with van der Waals surface area (Å²) in [7, 11) is 2.90. The second-order valence-electron chi connectivity index (χ2n) is 4.33. The first-order valence-electron chi connectivity index (χ1n) is 6.33. The van der Waals surface area contributed by atoms with Gasteiger partial charge in [0.1, 0.15) is 17.2 Å². The molecule has 0 aromatic heterocycles. The van der Waals surface area contributed by atoms with Crippen molar-refractivity contribution in [3.63, 3.8) is 0 Å². The third-order valence-corrected chi connectivity index (χ3v) is 2.98. The number of nitro groups is 1. The van der Waals surface area contributed by atoms with Gasteiger partial charge in [0.05, 0.1) is 25.2 Å². The molecule has 1 amide bonds. The fraction of sp³-hybridized carbons (Fsp3) is 0.133.